The van der Waals surface area contributed by atoms with Crippen LogP contribution in [-0.4, -0.2) is 17.8 Å². The topological polar surface area (TPSA) is 106 Å². The van der Waals surface area contributed by atoms with Gasteiger partial charge in [0.2, 0.25) is 5.78 Å². The molecule has 138 valence electrons. The van der Waals surface area contributed by atoms with Crippen LogP contribution in [0.2, 0.25) is 0 Å². The zero-order valence-corrected chi connectivity index (χ0v) is 14.8. The average Bonchev–Trinajstić information content (AvgIpc) is 3.20. The molecule has 7 nitrogen and oxygen atoms in total. The van der Waals surface area contributed by atoms with Gasteiger partial charge in [-0.1, -0.05) is 0 Å². The first-order valence-electron chi connectivity index (χ1n) is 8.17. The lowest BCUT2D eigenvalue weighted by Crippen LogP contribution is -2.01. The Morgan fingerprint density at radius 1 is 1.11 bits per heavy atom. The van der Waals surface area contributed by atoms with Crippen molar-refractivity contribution in [3.63, 3.8) is 0 Å². The van der Waals surface area contributed by atoms with Crippen LogP contribution in [0.4, 0.5) is 5.69 Å². The van der Waals surface area contributed by atoms with E-state index < -0.39 is 10.7 Å². The number of ether oxygens (including phenoxy) is 1. The van der Waals surface area contributed by atoms with E-state index in [0.717, 1.165) is 0 Å². The van der Waals surface area contributed by atoms with Crippen LogP contribution in [0.25, 0.3) is 17.4 Å². The van der Waals surface area contributed by atoms with Crippen molar-refractivity contribution < 1.29 is 18.9 Å². The monoisotopic (exact) mass is 374 g/mol. The highest BCUT2D eigenvalue weighted by atomic mass is 16.6. The third-order valence-corrected chi connectivity index (χ3v) is 3.99. The van der Waals surface area contributed by atoms with E-state index in [0.29, 0.717) is 28.4 Å². The number of carbonyl (C=O) groups is 1. The van der Waals surface area contributed by atoms with Gasteiger partial charge in [0, 0.05) is 29.3 Å². The number of nitriles is 1. The summed E-state index contributed by atoms with van der Waals surface area (Å²) in [6.07, 6.45) is 1.36. The number of hydrogen-bond donors (Lipinski definition) is 0. The average molecular weight is 374 g/mol. The van der Waals surface area contributed by atoms with Crippen LogP contribution in [0, 0.1) is 21.4 Å². The maximum Gasteiger partial charge on any atom is 0.269 e. The smallest absolute Gasteiger partial charge is 0.269 e. The van der Waals surface area contributed by atoms with Crippen molar-refractivity contribution in [1.29, 1.82) is 5.26 Å². The fraction of sp³-hybridized carbons (Fsp3) is 0.0476. The van der Waals surface area contributed by atoms with Gasteiger partial charge in [-0.25, -0.2) is 0 Å². The van der Waals surface area contributed by atoms with Crippen LogP contribution in [0.5, 0.6) is 5.75 Å². The molecule has 1 heterocycles. The number of methoxy groups -OCH3 is 1. The standard InChI is InChI=1S/C21H14N2O5/c1-27-18-8-4-15(5-9-18)21(24)16(13-22)12-19-10-11-20(28-19)14-2-6-17(7-3-14)23(25)26/h2-12H,1H3/b16-12+. The number of non-ortho nitro benzene ring substituents is 1. The van der Waals surface area contributed by atoms with Gasteiger partial charge in [0.05, 0.1) is 12.0 Å². The predicted octanol–water partition coefficient (Wildman–Crippen LogP) is 4.65. The Morgan fingerprint density at radius 3 is 2.36 bits per heavy atom. The fourth-order valence-electron chi connectivity index (χ4n) is 2.52. The van der Waals surface area contributed by atoms with Gasteiger partial charge in [0.25, 0.3) is 5.69 Å². The maximum atomic E-state index is 12.5. The molecule has 0 fully saturated rings. The van der Waals surface area contributed by atoms with Crippen LogP contribution in [0.15, 0.2) is 70.7 Å². The minimum atomic E-state index is -0.482. The van der Waals surface area contributed by atoms with Crippen molar-refractivity contribution in [1.82, 2.24) is 0 Å². The van der Waals surface area contributed by atoms with E-state index in [-0.39, 0.29) is 11.3 Å². The number of carbonyl (C=O) groups excluding carboxylic acids is 1. The van der Waals surface area contributed by atoms with E-state index in [4.69, 9.17) is 9.15 Å². The summed E-state index contributed by atoms with van der Waals surface area (Å²) in [7, 11) is 1.52. The summed E-state index contributed by atoms with van der Waals surface area (Å²) in [6, 6.07) is 17.5. The van der Waals surface area contributed by atoms with Gasteiger partial charge in [-0.3, -0.25) is 14.9 Å². The van der Waals surface area contributed by atoms with Gasteiger partial charge in [-0.15, -0.1) is 0 Å². The zero-order chi connectivity index (χ0) is 20.1. The molecule has 0 atom stereocenters. The van der Waals surface area contributed by atoms with Gasteiger partial charge < -0.3 is 9.15 Å². The normalized spacial score (nSPS) is 10.9. The molecule has 7 heteroatoms. The quantitative estimate of drug-likeness (QED) is 0.204. The molecule has 0 aliphatic carbocycles. The number of benzene rings is 2. The molecular weight excluding hydrogens is 360 g/mol. The van der Waals surface area contributed by atoms with E-state index >= 15 is 0 Å². The SMILES string of the molecule is COc1ccc(C(=O)/C(C#N)=C/c2ccc(-c3ccc([N+](=O)[O-])cc3)o2)cc1. The first-order chi connectivity index (χ1) is 13.5. The molecule has 28 heavy (non-hydrogen) atoms. The lowest BCUT2D eigenvalue weighted by atomic mass is 10.0. The first-order valence-corrected chi connectivity index (χ1v) is 8.17. The van der Waals surface area contributed by atoms with Crippen molar-refractivity contribution in [3.8, 4) is 23.1 Å². The number of allylic oxidation sites excluding steroid dienone is 1. The lowest BCUT2D eigenvalue weighted by molar-refractivity contribution is -0.384. The molecule has 3 aromatic rings. The van der Waals surface area contributed by atoms with Crippen LogP contribution in [0.1, 0.15) is 16.1 Å². The van der Waals surface area contributed by atoms with Crippen LogP contribution in [-0.2, 0) is 0 Å². The molecule has 0 bridgehead atoms. The highest BCUT2D eigenvalue weighted by Gasteiger charge is 2.14. The number of nitro groups is 1. The highest BCUT2D eigenvalue weighted by Crippen LogP contribution is 2.26. The number of rotatable bonds is 6. The van der Waals surface area contributed by atoms with Gasteiger partial charge in [0.1, 0.15) is 28.9 Å². The molecule has 0 N–H and O–H groups in total. The summed E-state index contributed by atoms with van der Waals surface area (Å²) in [5, 5.41) is 20.1. The summed E-state index contributed by atoms with van der Waals surface area (Å²) >= 11 is 0. The van der Waals surface area contributed by atoms with Crippen molar-refractivity contribution in [2.45, 2.75) is 0 Å². The van der Waals surface area contributed by atoms with E-state index in [1.165, 1.54) is 25.3 Å². The minimum Gasteiger partial charge on any atom is -0.497 e. The molecule has 1 aromatic heterocycles. The van der Waals surface area contributed by atoms with E-state index in [9.17, 15) is 20.2 Å². The number of hydrogen-bond acceptors (Lipinski definition) is 6. The van der Waals surface area contributed by atoms with E-state index in [1.54, 1.807) is 48.5 Å². The largest absolute Gasteiger partial charge is 0.497 e. The number of Topliss-reactive ketones (excluding diaryl/α,β-unsaturated/α-hetero) is 1. The Hall–Kier alpha value is -4.18. The number of nitrogens with zero attached hydrogens (tertiary/aromatic N) is 2. The van der Waals surface area contributed by atoms with E-state index in [2.05, 4.69) is 0 Å². The Morgan fingerprint density at radius 2 is 1.79 bits per heavy atom. The molecule has 0 aliphatic heterocycles. The Labute approximate surface area is 160 Å². The van der Waals surface area contributed by atoms with Crippen molar-refractivity contribution >= 4 is 17.5 Å². The van der Waals surface area contributed by atoms with Crippen LogP contribution < -0.4 is 4.74 Å². The molecule has 0 amide bonds. The second-order valence-corrected chi connectivity index (χ2v) is 5.73. The zero-order valence-electron chi connectivity index (χ0n) is 14.8. The Balaban J connectivity index is 1.84. The fourth-order valence-corrected chi connectivity index (χ4v) is 2.52. The van der Waals surface area contributed by atoms with Crippen molar-refractivity contribution in [2.75, 3.05) is 7.11 Å². The summed E-state index contributed by atoms with van der Waals surface area (Å²) in [5.41, 5.74) is 0.906. The molecule has 0 radical (unpaired) electrons. The summed E-state index contributed by atoms with van der Waals surface area (Å²) in [5.74, 6) is 0.971. The van der Waals surface area contributed by atoms with E-state index in [1.807, 2.05) is 6.07 Å². The Kier molecular flexibility index (Phi) is 5.33. The van der Waals surface area contributed by atoms with Crippen molar-refractivity contribution in [3.05, 3.63) is 87.7 Å². The molecule has 0 spiro atoms. The van der Waals surface area contributed by atoms with Gasteiger partial charge in [-0.05, 0) is 48.5 Å². The summed E-state index contributed by atoms with van der Waals surface area (Å²) < 4.78 is 10.7. The summed E-state index contributed by atoms with van der Waals surface area (Å²) in [4.78, 5) is 22.8. The van der Waals surface area contributed by atoms with Gasteiger partial charge in [-0.2, -0.15) is 5.26 Å². The second-order valence-electron chi connectivity index (χ2n) is 5.73. The first kappa shape index (κ1) is 18.6. The van der Waals surface area contributed by atoms with Gasteiger partial charge >= 0.3 is 0 Å². The number of nitro benzene ring substituents is 1. The molecular formula is C21H14N2O5. The second kappa shape index (κ2) is 8.01. The third-order valence-electron chi connectivity index (χ3n) is 3.99. The summed E-state index contributed by atoms with van der Waals surface area (Å²) in [6.45, 7) is 0. The minimum absolute atomic E-state index is 0.0210. The predicted molar refractivity (Wildman–Crippen MR) is 102 cm³/mol. The van der Waals surface area contributed by atoms with Crippen LogP contribution >= 0.6 is 0 Å². The van der Waals surface area contributed by atoms with Crippen LogP contribution in [0.3, 0.4) is 0 Å². The molecule has 0 saturated carbocycles. The number of ketones is 1. The molecule has 3 rings (SSSR count). The molecule has 0 saturated heterocycles. The number of furan rings is 1. The van der Waals surface area contributed by atoms with Gasteiger partial charge in [0.15, 0.2) is 0 Å². The Bertz CT molecular complexity index is 1090. The third kappa shape index (κ3) is 3.97. The molecule has 0 aliphatic rings. The molecule has 0 unspecified atom stereocenters. The molecule has 2 aromatic carbocycles. The lowest BCUT2D eigenvalue weighted by Gasteiger charge is -2.02. The highest BCUT2D eigenvalue weighted by molar-refractivity contribution is 6.13. The van der Waals surface area contributed by atoms with Crippen molar-refractivity contribution in [2.24, 2.45) is 0 Å². The maximum absolute atomic E-state index is 12.5.